The largest absolute Gasteiger partial charge is 0.385 e. The highest BCUT2D eigenvalue weighted by molar-refractivity contribution is 6.32. The smallest absolute Gasteiger partial charge is 0.198 e. The zero-order chi connectivity index (χ0) is 9.42. The van der Waals surface area contributed by atoms with Crippen molar-refractivity contribution in [2.45, 2.75) is 13.0 Å². The molecule has 5 nitrogen and oxygen atoms in total. The minimum atomic E-state index is -0.673. The van der Waals surface area contributed by atoms with Gasteiger partial charge in [0.15, 0.2) is 16.6 Å². The molecule has 0 fully saturated rings. The maximum absolute atomic E-state index is 9.31. The van der Waals surface area contributed by atoms with E-state index < -0.39 is 6.10 Å². The normalized spacial score (nSPS) is 13.5. The van der Waals surface area contributed by atoms with Crippen LogP contribution in [0.5, 0.6) is 0 Å². The van der Waals surface area contributed by atoms with Crippen molar-refractivity contribution in [1.29, 1.82) is 0 Å². The van der Waals surface area contributed by atoms with Crippen LogP contribution in [0.2, 0.25) is 5.15 Å². The van der Waals surface area contributed by atoms with Crippen molar-refractivity contribution >= 4 is 17.2 Å². The van der Waals surface area contributed by atoms with Crippen LogP contribution < -0.4 is 0 Å². The summed E-state index contributed by atoms with van der Waals surface area (Å²) in [6.07, 6.45) is 2.52. The molecule has 0 spiro atoms. The van der Waals surface area contributed by atoms with E-state index in [1.807, 2.05) is 0 Å². The van der Waals surface area contributed by atoms with E-state index in [0.717, 1.165) is 0 Å². The lowest BCUT2D eigenvalue weighted by molar-refractivity contribution is 0.187. The minimum absolute atomic E-state index is 0.280. The van der Waals surface area contributed by atoms with Crippen LogP contribution in [0.25, 0.3) is 5.65 Å². The Hall–Kier alpha value is -1.20. The van der Waals surface area contributed by atoms with Gasteiger partial charge in [-0.15, -0.1) is 10.2 Å². The second-order valence-corrected chi connectivity index (χ2v) is 3.00. The number of rotatable bonds is 1. The average Bonchev–Trinajstić information content (AvgIpc) is 2.48. The second-order valence-electron chi connectivity index (χ2n) is 2.65. The van der Waals surface area contributed by atoms with E-state index in [1.54, 1.807) is 17.5 Å². The molecule has 2 aromatic heterocycles. The average molecular weight is 199 g/mol. The third-order valence-corrected chi connectivity index (χ3v) is 1.95. The predicted octanol–water partition coefficient (Wildman–Crippen LogP) is 0.831. The summed E-state index contributed by atoms with van der Waals surface area (Å²) in [5, 5.41) is 17.2. The molecule has 0 saturated heterocycles. The Morgan fingerprint density at radius 2 is 2.31 bits per heavy atom. The minimum Gasteiger partial charge on any atom is -0.385 e. The van der Waals surface area contributed by atoms with E-state index in [4.69, 9.17) is 11.6 Å². The number of aromatic nitrogens is 4. The highest BCUT2D eigenvalue weighted by Gasteiger charge is 2.12. The topological polar surface area (TPSA) is 63.3 Å². The summed E-state index contributed by atoms with van der Waals surface area (Å²) in [5.41, 5.74) is 0.458. The number of halogens is 1. The van der Waals surface area contributed by atoms with Gasteiger partial charge in [0.25, 0.3) is 0 Å². The summed E-state index contributed by atoms with van der Waals surface area (Å²) in [6, 6.07) is 0. The Morgan fingerprint density at radius 3 is 3.00 bits per heavy atom. The Kier molecular flexibility index (Phi) is 1.90. The van der Waals surface area contributed by atoms with Crippen LogP contribution in [0, 0.1) is 0 Å². The van der Waals surface area contributed by atoms with Gasteiger partial charge in [0.2, 0.25) is 0 Å². The molecule has 0 bridgehead atoms. The molecule has 0 aliphatic heterocycles. The van der Waals surface area contributed by atoms with Crippen LogP contribution in [0.15, 0.2) is 12.4 Å². The third kappa shape index (κ3) is 1.26. The Morgan fingerprint density at radius 1 is 1.54 bits per heavy atom. The van der Waals surface area contributed by atoms with Gasteiger partial charge >= 0.3 is 0 Å². The lowest BCUT2D eigenvalue weighted by Crippen LogP contribution is -1.99. The highest BCUT2D eigenvalue weighted by atomic mass is 35.5. The van der Waals surface area contributed by atoms with Crippen LogP contribution in [0.4, 0.5) is 0 Å². The Labute approximate surface area is 79.0 Å². The molecule has 0 aliphatic carbocycles. The first kappa shape index (κ1) is 8.40. The SMILES string of the molecule is C[C@H](O)c1nnc2c(Cl)nccn12. The first-order valence-corrected chi connectivity index (χ1v) is 4.11. The molecule has 1 atom stereocenters. The molecule has 68 valence electrons. The lowest BCUT2D eigenvalue weighted by atomic mass is 10.4. The summed E-state index contributed by atoms with van der Waals surface area (Å²) in [6.45, 7) is 1.62. The monoisotopic (exact) mass is 198 g/mol. The number of hydrogen-bond donors (Lipinski definition) is 1. The number of aliphatic hydroxyl groups excluding tert-OH is 1. The van der Waals surface area contributed by atoms with Crippen LogP contribution >= 0.6 is 11.6 Å². The number of nitrogens with zero attached hydrogens (tertiary/aromatic N) is 4. The molecule has 0 aromatic carbocycles. The van der Waals surface area contributed by atoms with Crippen LogP contribution in [-0.2, 0) is 0 Å². The maximum atomic E-state index is 9.31. The zero-order valence-electron chi connectivity index (χ0n) is 6.85. The predicted molar refractivity (Wildman–Crippen MR) is 46.4 cm³/mol. The standard InChI is InChI=1S/C7H7ClN4O/c1-4(13)6-10-11-7-5(8)9-2-3-12(6)7/h2-4,13H,1H3/t4-/m0/s1. The summed E-state index contributed by atoms with van der Waals surface area (Å²) in [5.74, 6) is 0.458. The van der Waals surface area contributed by atoms with Gasteiger partial charge in [0.1, 0.15) is 6.10 Å². The second kappa shape index (κ2) is 2.93. The fourth-order valence-electron chi connectivity index (χ4n) is 1.10. The van der Waals surface area contributed by atoms with Crippen molar-refractivity contribution in [3.05, 3.63) is 23.4 Å². The molecule has 6 heteroatoms. The van der Waals surface area contributed by atoms with Gasteiger partial charge in [-0.1, -0.05) is 11.6 Å². The third-order valence-electron chi connectivity index (χ3n) is 1.68. The Bertz CT molecular complexity index is 439. The van der Waals surface area contributed by atoms with Crippen molar-refractivity contribution in [3.63, 3.8) is 0 Å². The van der Waals surface area contributed by atoms with Gasteiger partial charge in [0, 0.05) is 12.4 Å². The van der Waals surface area contributed by atoms with E-state index in [0.29, 0.717) is 11.5 Å². The molecule has 0 unspecified atom stereocenters. The van der Waals surface area contributed by atoms with E-state index in [-0.39, 0.29) is 5.15 Å². The molecule has 2 aromatic rings. The number of aliphatic hydroxyl groups is 1. The zero-order valence-corrected chi connectivity index (χ0v) is 7.60. The molecular formula is C7H7ClN4O. The van der Waals surface area contributed by atoms with Gasteiger partial charge in [-0.2, -0.15) is 0 Å². The van der Waals surface area contributed by atoms with E-state index in [1.165, 1.54) is 6.20 Å². The lowest BCUT2D eigenvalue weighted by Gasteiger charge is -2.00. The molecule has 2 rings (SSSR count). The fraction of sp³-hybridized carbons (Fsp3) is 0.286. The van der Waals surface area contributed by atoms with Gasteiger partial charge < -0.3 is 5.11 Å². The van der Waals surface area contributed by atoms with Crippen LogP contribution in [0.3, 0.4) is 0 Å². The Balaban J connectivity index is 2.75. The van der Waals surface area contributed by atoms with E-state index in [9.17, 15) is 5.11 Å². The maximum Gasteiger partial charge on any atom is 0.198 e. The van der Waals surface area contributed by atoms with Crippen LogP contribution in [-0.4, -0.2) is 24.7 Å². The van der Waals surface area contributed by atoms with Crippen molar-refractivity contribution in [2.24, 2.45) is 0 Å². The highest BCUT2D eigenvalue weighted by Crippen LogP contribution is 2.15. The van der Waals surface area contributed by atoms with Gasteiger partial charge in [0.05, 0.1) is 0 Å². The first-order valence-electron chi connectivity index (χ1n) is 3.73. The quantitative estimate of drug-likeness (QED) is 0.737. The molecule has 0 amide bonds. The molecule has 0 saturated carbocycles. The molecule has 0 aliphatic rings. The number of fused-ring (bicyclic) bond motifs is 1. The molecule has 2 heterocycles. The molecule has 1 N–H and O–H groups in total. The summed E-state index contributed by atoms with van der Waals surface area (Å²) in [4.78, 5) is 3.84. The van der Waals surface area contributed by atoms with Crippen LogP contribution in [0.1, 0.15) is 18.9 Å². The first-order chi connectivity index (χ1) is 6.20. The van der Waals surface area contributed by atoms with Crippen molar-refractivity contribution in [1.82, 2.24) is 19.6 Å². The van der Waals surface area contributed by atoms with E-state index in [2.05, 4.69) is 15.2 Å². The summed E-state index contributed by atoms with van der Waals surface area (Å²) < 4.78 is 1.61. The summed E-state index contributed by atoms with van der Waals surface area (Å²) in [7, 11) is 0. The van der Waals surface area contributed by atoms with Gasteiger partial charge in [-0.3, -0.25) is 4.40 Å². The molecule has 13 heavy (non-hydrogen) atoms. The summed E-state index contributed by atoms with van der Waals surface area (Å²) >= 11 is 5.76. The van der Waals surface area contributed by atoms with Gasteiger partial charge in [-0.25, -0.2) is 4.98 Å². The fourth-order valence-corrected chi connectivity index (χ4v) is 1.28. The molecular weight excluding hydrogens is 192 g/mol. The molecule has 0 radical (unpaired) electrons. The van der Waals surface area contributed by atoms with Crippen molar-refractivity contribution in [3.8, 4) is 0 Å². The van der Waals surface area contributed by atoms with E-state index >= 15 is 0 Å². The van der Waals surface area contributed by atoms with Crippen molar-refractivity contribution < 1.29 is 5.11 Å². The number of hydrogen-bond acceptors (Lipinski definition) is 4. The van der Waals surface area contributed by atoms with Gasteiger partial charge in [-0.05, 0) is 6.92 Å². The van der Waals surface area contributed by atoms with Crippen molar-refractivity contribution in [2.75, 3.05) is 0 Å².